The van der Waals surface area contributed by atoms with Crippen molar-refractivity contribution in [1.82, 2.24) is 0 Å². The highest BCUT2D eigenvalue weighted by atomic mass is 32.1. The number of halogens is 1. The van der Waals surface area contributed by atoms with Gasteiger partial charge in [-0.3, -0.25) is 4.99 Å². The molecule has 0 unspecified atom stereocenters. The Bertz CT molecular complexity index is 1200. The van der Waals surface area contributed by atoms with Gasteiger partial charge in [0.2, 0.25) is 0 Å². The lowest BCUT2D eigenvalue weighted by atomic mass is 10.0. The van der Waals surface area contributed by atoms with Crippen LogP contribution in [-0.2, 0) is 12.8 Å². The molecule has 0 saturated heterocycles. The third kappa shape index (κ3) is 27.9. The molecule has 0 spiro atoms. The zero-order valence-corrected chi connectivity index (χ0v) is 33.9. The van der Waals surface area contributed by atoms with Gasteiger partial charge >= 0.3 is 0 Å². The van der Waals surface area contributed by atoms with E-state index in [0.717, 1.165) is 28.8 Å². The molecule has 0 heterocycles. The van der Waals surface area contributed by atoms with Crippen molar-refractivity contribution in [2.24, 2.45) is 4.99 Å². The summed E-state index contributed by atoms with van der Waals surface area (Å²) in [5.74, 6) is -0.239. The molecule has 0 aliphatic heterocycles. The molecular formula is C44H72FNS. The normalized spacial score (nSPS) is 10.2. The van der Waals surface area contributed by atoms with E-state index in [1.54, 1.807) is 12.3 Å². The zero-order valence-electron chi connectivity index (χ0n) is 33.0. The third-order valence-electron chi connectivity index (χ3n) is 6.30. The molecule has 0 aliphatic carbocycles. The summed E-state index contributed by atoms with van der Waals surface area (Å²) >= 11 is 4.28. The van der Waals surface area contributed by atoms with E-state index in [9.17, 15) is 4.39 Å². The SMILES string of the molecule is C/C=C\C.C=C(C)C(C)=N/C=C(\C)c1ccc(CC)c(F)c1S.C=C=Cc1ccc(C)cc1CC.CCC.CCC.CCCCCC. The number of nitrogens with zero attached hydrogens (tertiary/aromatic N) is 1. The molecule has 0 fully saturated rings. The van der Waals surface area contributed by atoms with Crippen LogP contribution in [0.25, 0.3) is 11.6 Å². The Labute approximate surface area is 298 Å². The quantitative estimate of drug-likeness (QED) is 0.0900. The molecule has 266 valence electrons. The Balaban J connectivity index is -0.000000280. The average molecular weight is 666 g/mol. The Hall–Kier alpha value is -2.87. The molecular weight excluding hydrogens is 594 g/mol. The third-order valence-corrected chi connectivity index (χ3v) is 6.74. The fourth-order valence-corrected chi connectivity index (χ4v) is 3.76. The summed E-state index contributed by atoms with van der Waals surface area (Å²) in [6.45, 7) is 36.3. The minimum absolute atomic E-state index is 0.239. The van der Waals surface area contributed by atoms with Crippen LogP contribution in [0, 0.1) is 12.7 Å². The van der Waals surface area contributed by atoms with Crippen molar-refractivity contribution in [1.29, 1.82) is 0 Å². The van der Waals surface area contributed by atoms with E-state index in [-0.39, 0.29) is 5.82 Å². The molecule has 1 nitrogen and oxygen atoms in total. The van der Waals surface area contributed by atoms with E-state index in [0.29, 0.717) is 16.9 Å². The number of unbranched alkanes of at least 4 members (excludes halogenated alkanes) is 3. The second kappa shape index (κ2) is 36.0. The lowest BCUT2D eigenvalue weighted by molar-refractivity contribution is 0.586. The van der Waals surface area contributed by atoms with E-state index < -0.39 is 0 Å². The van der Waals surface area contributed by atoms with Crippen molar-refractivity contribution in [3.63, 3.8) is 0 Å². The molecule has 0 aromatic heterocycles. The maximum absolute atomic E-state index is 14.0. The van der Waals surface area contributed by atoms with E-state index in [2.05, 4.69) is 110 Å². The molecule has 47 heavy (non-hydrogen) atoms. The molecule has 0 bridgehead atoms. The number of thiol groups is 1. The molecule has 0 atom stereocenters. The molecule has 0 amide bonds. The topological polar surface area (TPSA) is 12.4 Å². The van der Waals surface area contributed by atoms with E-state index >= 15 is 0 Å². The highest BCUT2D eigenvalue weighted by molar-refractivity contribution is 7.80. The summed E-state index contributed by atoms with van der Waals surface area (Å²) < 4.78 is 14.0. The summed E-state index contributed by atoms with van der Waals surface area (Å²) in [4.78, 5) is 4.70. The largest absolute Gasteiger partial charge is 0.261 e. The number of benzene rings is 2. The van der Waals surface area contributed by atoms with Gasteiger partial charge < -0.3 is 0 Å². The number of hydrogen-bond donors (Lipinski definition) is 1. The molecule has 2 rings (SSSR count). The second-order valence-electron chi connectivity index (χ2n) is 11.3. The van der Waals surface area contributed by atoms with Crippen molar-refractivity contribution >= 4 is 30.0 Å². The van der Waals surface area contributed by atoms with Gasteiger partial charge in [0.15, 0.2) is 0 Å². The number of rotatable bonds is 9. The molecule has 2 aromatic rings. The summed E-state index contributed by atoms with van der Waals surface area (Å²) in [5.41, 5.74) is 10.8. The summed E-state index contributed by atoms with van der Waals surface area (Å²) in [7, 11) is 0. The molecule has 0 aliphatic rings. The van der Waals surface area contributed by atoms with Crippen LogP contribution in [0.3, 0.4) is 0 Å². The molecule has 3 heteroatoms. The molecule has 0 radical (unpaired) electrons. The van der Waals surface area contributed by atoms with Crippen LogP contribution in [0.15, 0.2) is 83.0 Å². The van der Waals surface area contributed by atoms with Crippen molar-refractivity contribution < 1.29 is 4.39 Å². The van der Waals surface area contributed by atoms with E-state index in [1.165, 1.54) is 55.2 Å². The highest BCUT2D eigenvalue weighted by Crippen LogP contribution is 2.27. The highest BCUT2D eigenvalue weighted by Gasteiger charge is 2.10. The lowest BCUT2D eigenvalue weighted by Crippen LogP contribution is -1.94. The van der Waals surface area contributed by atoms with E-state index in [4.69, 9.17) is 0 Å². The maximum atomic E-state index is 14.0. The average Bonchev–Trinajstić information content (AvgIpc) is 3.06. The summed E-state index contributed by atoms with van der Waals surface area (Å²) in [6, 6.07) is 10.1. The van der Waals surface area contributed by atoms with Gasteiger partial charge in [-0.05, 0) is 93.9 Å². The van der Waals surface area contributed by atoms with Gasteiger partial charge in [-0.25, -0.2) is 4.39 Å². The number of hydrogen-bond acceptors (Lipinski definition) is 2. The van der Waals surface area contributed by atoms with Crippen molar-refractivity contribution in [3.8, 4) is 0 Å². The van der Waals surface area contributed by atoms with Crippen molar-refractivity contribution in [3.05, 3.63) is 107 Å². The number of aliphatic imine (C=N–C) groups is 1. The Morgan fingerprint density at radius 3 is 1.70 bits per heavy atom. The first-order valence-electron chi connectivity index (χ1n) is 17.7. The smallest absolute Gasteiger partial charge is 0.140 e. The Morgan fingerprint density at radius 2 is 1.32 bits per heavy atom. The maximum Gasteiger partial charge on any atom is 0.140 e. The van der Waals surface area contributed by atoms with Crippen LogP contribution in [0.4, 0.5) is 4.39 Å². The van der Waals surface area contributed by atoms with Gasteiger partial charge in [-0.15, -0.1) is 18.4 Å². The van der Waals surface area contributed by atoms with Gasteiger partial charge in [-0.2, -0.15) is 0 Å². The van der Waals surface area contributed by atoms with E-state index in [1.807, 2.05) is 65.8 Å². The fraction of sp³-hybridized carbons (Fsp3) is 0.500. The van der Waals surface area contributed by atoms with Crippen LogP contribution < -0.4 is 0 Å². The standard InChI is InChI=1S/C16H20FNS.C12H14.C6H14.C4H8.2C3H8/c1-6-13-7-8-14(16(19)15(13)17)11(4)9-18-12(5)10(2)3;1-4-6-12-8-7-10(3)9-11(12)5-2;1-3-5-6-4-2;1-3-4-2;2*1-3-2/h7-9,19H,2,6H2,1,3-5H3;6-9H,1,5H2,2-3H3;3-6H2,1-2H3;3-4H,1-2H3;2*3H2,1-2H3/b11-9+,18-12?;;;4-3-;;. The lowest BCUT2D eigenvalue weighted by Gasteiger charge is -2.09. The van der Waals surface area contributed by atoms with Crippen molar-refractivity contribution in [2.75, 3.05) is 0 Å². The second-order valence-corrected chi connectivity index (χ2v) is 11.7. The van der Waals surface area contributed by atoms with Gasteiger partial charge in [0, 0.05) is 16.8 Å². The minimum Gasteiger partial charge on any atom is -0.261 e. The summed E-state index contributed by atoms with van der Waals surface area (Å²) in [5, 5.41) is 0. The predicted molar refractivity (Wildman–Crippen MR) is 221 cm³/mol. The van der Waals surface area contributed by atoms with Crippen molar-refractivity contribution in [2.45, 2.75) is 153 Å². The zero-order chi connectivity index (χ0) is 37.2. The van der Waals surface area contributed by atoms with Crippen LogP contribution >= 0.6 is 12.6 Å². The first kappa shape index (κ1) is 51.0. The van der Waals surface area contributed by atoms with Crippen LogP contribution in [0.5, 0.6) is 0 Å². The Morgan fingerprint density at radius 1 is 0.830 bits per heavy atom. The van der Waals surface area contributed by atoms with Gasteiger partial charge in [0.25, 0.3) is 0 Å². The minimum atomic E-state index is -0.239. The first-order chi connectivity index (χ1) is 22.3. The molecule has 0 saturated carbocycles. The Kier molecular flexibility index (Phi) is 39.0. The first-order valence-corrected chi connectivity index (χ1v) is 18.2. The van der Waals surface area contributed by atoms with Crippen LogP contribution in [-0.4, -0.2) is 5.71 Å². The number of allylic oxidation sites excluding steroid dienone is 4. The predicted octanol–water partition coefficient (Wildman–Crippen LogP) is 15.4. The van der Waals surface area contributed by atoms with Crippen LogP contribution in [0.1, 0.15) is 156 Å². The van der Waals surface area contributed by atoms with Crippen LogP contribution in [0.2, 0.25) is 0 Å². The molecule has 2 aromatic carbocycles. The van der Waals surface area contributed by atoms with Gasteiger partial charge in [0.05, 0.1) is 0 Å². The molecule has 0 N–H and O–H groups in total. The summed E-state index contributed by atoms with van der Waals surface area (Å²) in [6.07, 6.45) is 17.4. The number of aryl methyl sites for hydroxylation is 3. The van der Waals surface area contributed by atoms with Gasteiger partial charge in [0.1, 0.15) is 5.82 Å². The fourth-order valence-electron chi connectivity index (χ4n) is 3.36. The van der Waals surface area contributed by atoms with Gasteiger partial charge in [-0.1, -0.05) is 155 Å². The monoisotopic (exact) mass is 666 g/mol.